The van der Waals surface area contributed by atoms with Crippen LogP contribution in [0, 0.1) is 0 Å². The van der Waals surface area contributed by atoms with Crippen LogP contribution in [0.15, 0.2) is 41.3 Å². The van der Waals surface area contributed by atoms with E-state index in [1.807, 2.05) is 0 Å². The molecule has 4 rings (SSSR count). The van der Waals surface area contributed by atoms with Gasteiger partial charge in [0.25, 0.3) is 5.91 Å². The molecule has 11 nitrogen and oxygen atoms in total. The van der Waals surface area contributed by atoms with Gasteiger partial charge < -0.3 is 29.0 Å². The van der Waals surface area contributed by atoms with E-state index < -0.39 is 28.0 Å². The molecule has 2 aliphatic rings. The molecule has 0 aromatic heterocycles. The van der Waals surface area contributed by atoms with E-state index in [9.17, 15) is 18.0 Å². The number of hydrogen-bond donors (Lipinski definition) is 1. The number of fused-ring (bicyclic) bond motifs is 1. The van der Waals surface area contributed by atoms with Crippen molar-refractivity contribution >= 4 is 27.6 Å². The molecule has 0 saturated carbocycles. The number of ether oxygens (including phenoxy) is 5. The third-order valence-corrected chi connectivity index (χ3v) is 7.20. The van der Waals surface area contributed by atoms with E-state index in [2.05, 4.69) is 5.32 Å². The van der Waals surface area contributed by atoms with Gasteiger partial charge in [-0.05, 0) is 37.3 Å². The molecule has 1 saturated heterocycles. The van der Waals surface area contributed by atoms with Gasteiger partial charge in [-0.15, -0.1) is 0 Å². The number of methoxy groups -OCH3 is 1. The predicted molar refractivity (Wildman–Crippen MR) is 119 cm³/mol. The maximum atomic E-state index is 13.1. The number of nitrogens with one attached hydrogen (secondary N) is 1. The average Bonchev–Trinajstić information content (AvgIpc) is 3.32. The van der Waals surface area contributed by atoms with E-state index in [1.165, 1.54) is 36.5 Å². The molecule has 2 aromatic carbocycles. The summed E-state index contributed by atoms with van der Waals surface area (Å²) in [4.78, 5) is 25.1. The van der Waals surface area contributed by atoms with Gasteiger partial charge in [0.15, 0.2) is 17.6 Å². The maximum Gasteiger partial charge on any atom is 0.338 e. The molecule has 1 unspecified atom stereocenters. The molecule has 34 heavy (non-hydrogen) atoms. The van der Waals surface area contributed by atoms with Gasteiger partial charge in [-0.1, -0.05) is 0 Å². The smallest absolute Gasteiger partial charge is 0.338 e. The first-order valence-electron chi connectivity index (χ1n) is 10.5. The Labute approximate surface area is 196 Å². The van der Waals surface area contributed by atoms with Crippen molar-refractivity contribution in [1.29, 1.82) is 0 Å². The topological polar surface area (TPSA) is 130 Å². The van der Waals surface area contributed by atoms with Crippen molar-refractivity contribution in [2.75, 3.05) is 45.5 Å². The third kappa shape index (κ3) is 4.93. The molecule has 12 heteroatoms. The fraction of sp³-hybridized carbons (Fsp3) is 0.364. The number of anilines is 1. The van der Waals surface area contributed by atoms with Crippen LogP contribution >= 0.6 is 0 Å². The average molecular weight is 493 g/mol. The summed E-state index contributed by atoms with van der Waals surface area (Å²) in [6, 6.07) is 8.83. The minimum atomic E-state index is -3.93. The van der Waals surface area contributed by atoms with Crippen LogP contribution in [0.4, 0.5) is 5.69 Å². The van der Waals surface area contributed by atoms with Crippen molar-refractivity contribution < 1.29 is 41.7 Å². The number of benzene rings is 2. The highest BCUT2D eigenvalue weighted by Gasteiger charge is 2.31. The van der Waals surface area contributed by atoms with E-state index in [1.54, 1.807) is 18.2 Å². The fourth-order valence-corrected chi connectivity index (χ4v) is 5.02. The lowest BCUT2D eigenvalue weighted by Crippen LogP contribution is -2.40. The summed E-state index contributed by atoms with van der Waals surface area (Å²) in [7, 11) is -2.59. The fourth-order valence-electron chi connectivity index (χ4n) is 3.43. The highest BCUT2D eigenvalue weighted by atomic mass is 32.2. The van der Waals surface area contributed by atoms with Crippen LogP contribution in [-0.2, 0) is 24.3 Å². The molecule has 1 amide bonds. The molecular formula is C22H24N2O9S. The van der Waals surface area contributed by atoms with Gasteiger partial charge in [0, 0.05) is 24.8 Å². The summed E-state index contributed by atoms with van der Waals surface area (Å²) in [5.41, 5.74) is 0.413. The summed E-state index contributed by atoms with van der Waals surface area (Å²) < 4.78 is 53.7. The molecule has 1 N–H and O–H groups in total. The second kappa shape index (κ2) is 9.87. The van der Waals surface area contributed by atoms with Crippen LogP contribution in [0.25, 0.3) is 0 Å². The molecule has 2 heterocycles. The quantitative estimate of drug-likeness (QED) is 0.573. The Kier molecular flexibility index (Phi) is 6.91. The zero-order chi connectivity index (χ0) is 24.3. The van der Waals surface area contributed by atoms with Crippen LogP contribution < -0.4 is 19.5 Å². The number of morpholine rings is 1. The Hall–Kier alpha value is -3.35. The van der Waals surface area contributed by atoms with Gasteiger partial charge >= 0.3 is 5.97 Å². The molecule has 2 aliphatic heterocycles. The Bertz CT molecular complexity index is 1190. The number of carbonyl (C=O) groups is 2. The molecule has 1 atom stereocenters. The highest BCUT2D eigenvalue weighted by molar-refractivity contribution is 7.89. The van der Waals surface area contributed by atoms with Crippen LogP contribution in [0.1, 0.15) is 17.3 Å². The number of carbonyl (C=O) groups excluding carboxylic acids is 2. The predicted octanol–water partition coefficient (Wildman–Crippen LogP) is 1.63. The monoisotopic (exact) mass is 492 g/mol. The van der Waals surface area contributed by atoms with Gasteiger partial charge in [-0.25, -0.2) is 13.2 Å². The number of amides is 1. The highest BCUT2D eigenvalue weighted by Crippen LogP contribution is 2.34. The molecule has 0 radical (unpaired) electrons. The number of rotatable bonds is 7. The van der Waals surface area contributed by atoms with Crippen molar-refractivity contribution in [3.63, 3.8) is 0 Å². The Morgan fingerprint density at radius 3 is 2.53 bits per heavy atom. The first-order chi connectivity index (χ1) is 16.3. The van der Waals surface area contributed by atoms with Gasteiger partial charge in [0.1, 0.15) is 10.6 Å². The zero-order valence-corrected chi connectivity index (χ0v) is 19.4. The van der Waals surface area contributed by atoms with E-state index in [-0.39, 0.29) is 49.3 Å². The third-order valence-electron chi connectivity index (χ3n) is 5.28. The van der Waals surface area contributed by atoms with Crippen LogP contribution in [0.3, 0.4) is 0 Å². The lowest BCUT2D eigenvalue weighted by molar-refractivity contribution is -0.123. The van der Waals surface area contributed by atoms with Crippen molar-refractivity contribution in [2.45, 2.75) is 17.9 Å². The van der Waals surface area contributed by atoms with Crippen LogP contribution in [0.5, 0.6) is 17.2 Å². The number of sulfonamides is 1. The molecule has 1 fully saturated rings. The lowest BCUT2D eigenvalue weighted by Gasteiger charge is -2.26. The summed E-state index contributed by atoms with van der Waals surface area (Å²) in [5.74, 6) is -0.262. The Morgan fingerprint density at radius 1 is 1.06 bits per heavy atom. The van der Waals surface area contributed by atoms with Crippen molar-refractivity contribution in [1.82, 2.24) is 4.31 Å². The van der Waals surface area contributed by atoms with Gasteiger partial charge in [-0.2, -0.15) is 4.31 Å². The molecule has 182 valence electrons. The number of hydrogen-bond acceptors (Lipinski definition) is 9. The largest absolute Gasteiger partial charge is 0.495 e. The molecule has 2 aromatic rings. The summed E-state index contributed by atoms with van der Waals surface area (Å²) in [6.45, 7) is 2.45. The zero-order valence-electron chi connectivity index (χ0n) is 18.6. The van der Waals surface area contributed by atoms with Crippen molar-refractivity contribution in [2.24, 2.45) is 0 Å². The maximum absolute atomic E-state index is 13.1. The first kappa shape index (κ1) is 23.8. The van der Waals surface area contributed by atoms with Gasteiger partial charge in [0.05, 0.1) is 25.9 Å². The van der Waals surface area contributed by atoms with Gasteiger partial charge in [-0.3, -0.25) is 4.79 Å². The van der Waals surface area contributed by atoms with E-state index in [4.69, 9.17) is 23.7 Å². The Balaban J connectivity index is 1.47. The first-order valence-corrected chi connectivity index (χ1v) is 11.9. The summed E-state index contributed by atoms with van der Waals surface area (Å²) in [6.07, 6.45) is -1.15. The van der Waals surface area contributed by atoms with E-state index in [0.717, 1.165) is 0 Å². The summed E-state index contributed by atoms with van der Waals surface area (Å²) in [5, 5.41) is 2.64. The van der Waals surface area contributed by atoms with Crippen molar-refractivity contribution in [3.8, 4) is 17.2 Å². The lowest BCUT2D eigenvalue weighted by atomic mass is 10.2. The molecule has 0 bridgehead atoms. The summed E-state index contributed by atoms with van der Waals surface area (Å²) >= 11 is 0. The Morgan fingerprint density at radius 2 is 1.79 bits per heavy atom. The van der Waals surface area contributed by atoms with Gasteiger partial charge in [0.2, 0.25) is 16.8 Å². The number of esters is 1. The molecular weight excluding hydrogens is 468 g/mol. The SMILES string of the molecule is COc1ccc(C(=O)OC(C)C(=O)Nc2ccc3c(c2)OCO3)cc1S(=O)(=O)N1CCOCC1. The van der Waals surface area contributed by atoms with Crippen LogP contribution in [-0.4, -0.2) is 70.9 Å². The molecule has 0 aliphatic carbocycles. The van der Waals surface area contributed by atoms with E-state index in [0.29, 0.717) is 17.2 Å². The minimum Gasteiger partial charge on any atom is -0.495 e. The van der Waals surface area contributed by atoms with E-state index >= 15 is 0 Å². The van der Waals surface area contributed by atoms with Crippen molar-refractivity contribution in [3.05, 3.63) is 42.0 Å². The number of nitrogens with zero attached hydrogens (tertiary/aromatic N) is 1. The minimum absolute atomic E-state index is 0.0321. The second-order valence-electron chi connectivity index (χ2n) is 7.49. The molecule has 0 spiro atoms. The standard InChI is InChI=1S/C22H24N2O9S/c1-14(21(25)23-16-4-6-17-19(12-16)32-13-31-17)33-22(26)15-3-5-18(29-2)20(11-15)34(27,28)24-7-9-30-10-8-24/h3-6,11-12,14H,7-10,13H2,1-2H3,(H,23,25). The second-order valence-corrected chi connectivity index (χ2v) is 9.39. The van der Waals surface area contributed by atoms with Crippen LogP contribution in [0.2, 0.25) is 0 Å². The normalized spacial score (nSPS) is 16.5.